The molecule has 2 atom stereocenters. The molecule has 46 heavy (non-hydrogen) atoms. The summed E-state index contributed by atoms with van der Waals surface area (Å²) < 4.78 is 25.7. The Morgan fingerprint density at radius 2 is 1.67 bits per heavy atom. The van der Waals surface area contributed by atoms with Crippen molar-refractivity contribution in [2.75, 3.05) is 58.6 Å². The van der Waals surface area contributed by atoms with E-state index in [2.05, 4.69) is 46.6 Å². The number of hydrogen-bond acceptors (Lipinski definition) is 7. The number of carbonyl (C=O) groups is 2. The highest BCUT2D eigenvalue weighted by molar-refractivity contribution is 7.88. The number of piperidine rings is 1. The van der Waals surface area contributed by atoms with Gasteiger partial charge >= 0.3 is 0 Å². The Morgan fingerprint density at radius 1 is 1.00 bits per heavy atom. The fourth-order valence-electron chi connectivity index (χ4n) is 7.00. The smallest absolute Gasteiger partial charge is 0.245 e. The molecule has 0 aliphatic carbocycles. The monoisotopic (exact) mass is 672 g/mol. The van der Waals surface area contributed by atoms with Crippen molar-refractivity contribution < 1.29 is 18.0 Å². The van der Waals surface area contributed by atoms with Crippen molar-refractivity contribution in [1.82, 2.24) is 29.9 Å². The maximum atomic E-state index is 14.1. The summed E-state index contributed by atoms with van der Waals surface area (Å²) in [5.41, 5.74) is 3.35. The van der Waals surface area contributed by atoms with Gasteiger partial charge in [-0.3, -0.25) is 9.59 Å². The van der Waals surface area contributed by atoms with Crippen LogP contribution in [0.1, 0.15) is 55.8 Å². The third kappa shape index (κ3) is 9.08. The van der Waals surface area contributed by atoms with Gasteiger partial charge in [-0.15, -0.1) is 0 Å². The first-order valence-electron chi connectivity index (χ1n) is 16.6. The number of hydrogen-bond donors (Lipinski definition) is 2. The standard InChI is InChI=1S/C34H49ClN6O4S/c1-25(2)24-41(29-13-16-40(17-14-29)46(3,44)45)39-20-18-38(19-21-39)34(43)32(22-26-8-10-28(35)11-9-26)37-33(42)23-31-30-7-5-4-6-27(30)12-15-36-31/h4-11,25,29,31-32,36H,12-24H2,1-3H3,(H,37,42)/t31-,32-/m1/s1. The van der Waals surface area contributed by atoms with Gasteiger partial charge in [0.1, 0.15) is 6.04 Å². The van der Waals surface area contributed by atoms with E-state index in [1.54, 1.807) is 4.31 Å². The van der Waals surface area contributed by atoms with Gasteiger partial charge in [-0.2, -0.15) is 0 Å². The molecular weight excluding hydrogens is 624 g/mol. The zero-order valence-corrected chi connectivity index (χ0v) is 28.9. The van der Waals surface area contributed by atoms with Crippen molar-refractivity contribution in [2.24, 2.45) is 5.92 Å². The molecule has 12 heteroatoms. The van der Waals surface area contributed by atoms with Gasteiger partial charge in [0.2, 0.25) is 21.8 Å². The first-order valence-corrected chi connectivity index (χ1v) is 18.8. The first kappa shape index (κ1) is 34.8. The van der Waals surface area contributed by atoms with Gasteiger partial charge in [0.05, 0.1) is 6.26 Å². The van der Waals surface area contributed by atoms with E-state index in [-0.39, 0.29) is 30.3 Å². The summed E-state index contributed by atoms with van der Waals surface area (Å²) in [6.45, 7) is 9.65. The number of amides is 2. The lowest BCUT2D eigenvalue weighted by atomic mass is 9.92. The highest BCUT2D eigenvalue weighted by Crippen LogP contribution is 2.26. The Labute approximate surface area is 279 Å². The molecule has 0 radical (unpaired) electrons. The molecule has 2 aromatic rings. The number of halogens is 1. The topological polar surface area (TPSA) is 105 Å². The summed E-state index contributed by atoms with van der Waals surface area (Å²) in [4.78, 5) is 29.4. The van der Waals surface area contributed by atoms with Crippen LogP contribution in [0.4, 0.5) is 0 Å². The Balaban J connectivity index is 1.24. The number of piperazine rings is 1. The van der Waals surface area contributed by atoms with Crippen molar-refractivity contribution in [3.63, 3.8) is 0 Å². The van der Waals surface area contributed by atoms with Crippen LogP contribution in [-0.4, -0.2) is 110 Å². The Hall–Kier alpha value is -2.54. The van der Waals surface area contributed by atoms with Crippen LogP contribution in [-0.2, 0) is 32.5 Å². The molecule has 0 saturated carbocycles. The van der Waals surface area contributed by atoms with Crippen LogP contribution >= 0.6 is 11.6 Å². The minimum Gasteiger partial charge on any atom is -0.344 e. The zero-order valence-electron chi connectivity index (χ0n) is 27.3. The van der Waals surface area contributed by atoms with Gasteiger partial charge in [-0.25, -0.2) is 22.7 Å². The number of rotatable bonds is 11. The largest absolute Gasteiger partial charge is 0.344 e. The van der Waals surface area contributed by atoms with Crippen molar-refractivity contribution in [2.45, 2.75) is 64.1 Å². The normalized spacial score (nSPS) is 20.9. The molecule has 0 spiro atoms. The zero-order chi connectivity index (χ0) is 32.8. The van der Waals surface area contributed by atoms with Crippen molar-refractivity contribution in [1.29, 1.82) is 0 Å². The lowest BCUT2D eigenvalue weighted by molar-refractivity contribution is -0.144. The van der Waals surface area contributed by atoms with Crippen LogP contribution in [0.15, 0.2) is 48.5 Å². The van der Waals surface area contributed by atoms with Crippen molar-refractivity contribution in [3.8, 4) is 0 Å². The second kappa shape index (κ2) is 15.6. The van der Waals surface area contributed by atoms with Gasteiger partial charge in [-0.05, 0) is 60.5 Å². The number of sulfonamides is 1. The van der Waals surface area contributed by atoms with Crippen LogP contribution in [0.2, 0.25) is 5.02 Å². The molecule has 3 aliphatic rings. The Bertz CT molecular complexity index is 1440. The highest BCUT2D eigenvalue weighted by Gasteiger charge is 2.35. The lowest BCUT2D eigenvalue weighted by Crippen LogP contribution is -2.61. The van der Waals surface area contributed by atoms with E-state index in [1.165, 1.54) is 11.8 Å². The van der Waals surface area contributed by atoms with E-state index in [0.717, 1.165) is 43.5 Å². The van der Waals surface area contributed by atoms with Crippen molar-refractivity contribution in [3.05, 3.63) is 70.2 Å². The molecule has 0 unspecified atom stereocenters. The van der Waals surface area contributed by atoms with E-state index in [9.17, 15) is 18.0 Å². The van der Waals surface area contributed by atoms with Gasteiger partial charge in [0, 0.05) is 75.8 Å². The van der Waals surface area contributed by atoms with E-state index >= 15 is 0 Å². The number of carbonyl (C=O) groups excluding carboxylic acids is 2. The van der Waals surface area contributed by atoms with E-state index in [0.29, 0.717) is 56.6 Å². The molecule has 0 bridgehead atoms. The fraction of sp³-hybridized carbons (Fsp3) is 0.588. The average molecular weight is 673 g/mol. The molecule has 2 fully saturated rings. The fourth-order valence-corrected chi connectivity index (χ4v) is 8.00. The molecular formula is C34H49ClN6O4S. The van der Waals surface area contributed by atoms with Crippen LogP contribution in [0.25, 0.3) is 0 Å². The first-order chi connectivity index (χ1) is 22.0. The summed E-state index contributed by atoms with van der Waals surface area (Å²) >= 11 is 6.13. The molecule has 2 N–H and O–H groups in total. The molecule has 2 amide bonds. The summed E-state index contributed by atoms with van der Waals surface area (Å²) in [6, 6.07) is 15.2. The third-order valence-electron chi connectivity index (χ3n) is 9.39. The van der Waals surface area contributed by atoms with Crippen LogP contribution in [0, 0.1) is 5.92 Å². The number of hydrazine groups is 1. The number of nitrogens with zero attached hydrogens (tertiary/aromatic N) is 4. The van der Waals surface area contributed by atoms with E-state index in [1.807, 2.05) is 41.3 Å². The molecule has 2 saturated heterocycles. The minimum atomic E-state index is -3.19. The van der Waals surface area contributed by atoms with Crippen LogP contribution in [0.5, 0.6) is 0 Å². The quantitative estimate of drug-likeness (QED) is 0.378. The highest BCUT2D eigenvalue weighted by atomic mass is 35.5. The molecule has 0 aromatic heterocycles. The number of benzene rings is 2. The van der Waals surface area contributed by atoms with E-state index < -0.39 is 16.1 Å². The lowest BCUT2D eigenvalue weighted by Gasteiger charge is -2.47. The minimum absolute atomic E-state index is 0.0724. The molecule has 3 heterocycles. The molecule has 10 nitrogen and oxygen atoms in total. The predicted octanol–water partition coefficient (Wildman–Crippen LogP) is 3.09. The molecule has 252 valence electrons. The maximum Gasteiger partial charge on any atom is 0.245 e. The number of nitrogens with one attached hydrogen (secondary N) is 2. The summed E-state index contributed by atoms with van der Waals surface area (Å²) in [5, 5.41) is 12.0. The van der Waals surface area contributed by atoms with Crippen molar-refractivity contribution >= 4 is 33.4 Å². The predicted molar refractivity (Wildman–Crippen MR) is 182 cm³/mol. The average Bonchev–Trinajstić information content (AvgIpc) is 3.04. The SMILES string of the molecule is CC(C)CN(C1CCN(S(C)(=O)=O)CC1)N1CCN(C(=O)[C@@H](Cc2ccc(Cl)cc2)NC(=O)C[C@H]2NCCc3ccccc32)CC1. The molecule has 3 aliphatic heterocycles. The Kier molecular flexibility index (Phi) is 11.8. The molecule has 2 aromatic carbocycles. The van der Waals surface area contributed by atoms with Crippen LogP contribution in [0.3, 0.4) is 0 Å². The van der Waals surface area contributed by atoms with Gasteiger partial charge in [0.15, 0.2) is 0 Å². The third-order valence-corrected chi connectivity index (χ3v) is 10.9. The maximum absolute atomic E-state index is 14.1. The summed E-state index contributed by atoms with van der Waals surface area (Å²) in [5.74, 6) is 0.220. The van der Waals surface area contributed by atoms with E-state index in [4.69, 9.17) is 11.6 Å². The van der Waals surface area contributed by atoms with Gasteiger partial charge < -0.3 is 15.5 Å². The summed E-state index contributed by atoms with van der Waals surface area (Å²) in [7, 11) is -3.19. The second-order valence-corrected chi connectivity index (χ2v) is 15.7. The Morgan fingerprint density at radius 3 is 2.33 bits per heavy atom. The second-order valence-electron chi connectivity index (χ2n) is 13.3. The number of fused-ring (bicyclic) bond motifs is 1. The van der Waals surface area contributed by atoms with Gasteiger partial charge in [0.25, 0.3) is 0 Å². The summed E-state index contributed by atoms with van der Waals surface area (Å²) in [6.07, 6.45) is 4.44. The van der Waals surface area contributed by atoms with Gasteiger partial charge in [-0.1, -0.05) is 61.8 Å². The van der Waals surface area contributed by atoms with Crippen LogP contribution < -0.4 is 10.6 Å². The molecule has 5 rings (SSSR count).